The van der Waals surface area contributed by atoms with Gasteiger partial charge in [0.15, 0.2) is 0 Å². The van der Waals surface area contributed by atoms with Gasteiger partial charge >= 0.3 is 0 Å². The summed E-state index contributed by atoms with van der Waals surface area (Å²) in [6.45, 7) is 7.67. The van der Waals surface area contributed by atoms with Crippen LogP contribution in [0.5, 0.6) is 0 Å². The van der Waals surface area contributed by atoms with Crippen molar-refractivity contribution < 1.29 is 0 Å². The highest BCUT2D eigenvalue weighted by atomic mass is 15.2. The fraction of sp³-hybridized carbons (Fsp3) is 0.467. The van der Waals surface area contributed by atoms with Crippen LogP contribution in [0, 0.1) is 6.92 Å². The number of nitrogens with zero attached hydrogens (tertiary/aromatic N) is 2. The van der Waals surface area contributed by atoms with Gasteiger partial charge in [0.2, 0.25) is 0 Å². The van der Waals surface area contributed by atoms with Gasteiger partial charge in [-0.1, -0.05) is 12.1 Å². The van der Waals surface area contributed by atoms with Gasteiger partial charge in [-0.25, -0.2) is 0 Å². The minimum absolute atomic E-state index is 1.09. The van der Waals surface area contributed by atoms with E-state index >= 15 is 0 Å². The molecule has 2 aliphatic rings. The smallest absolute Gasteiger partial charge is 0.0646 e. The normalized spacial score (nSPS) is 19.6. The Morgan fingerprint density at radius 1 is 1.06 bits per heavy atom. The van der Waals surface area contributed by atoms with E-state index in [1.807, 2.05) is 0 Å². The van der Waals surface area contributed by atoms with Crippen molar-refractivity contribution >= 4 is 11.4 Å². The number of hydrogen-bond acceptors (Lipinski definition) is 3. The van der Waals surface area contributed by atoms with Crippen LogP contribution in [0.3, 0.4) is 0 Å². The van der Waals surface area contributed by atoms with Crippen LogP contribution >= 0.6 is 0 Å². The summed E-state index contributed by atoms with van der Waals surface area (Å²) < 4.78 is 0. The Labute approximate surface area is 109 Å². The van der Waals surface area contributed by atoms with Crippen molar-refractivity contribution in [1.82, 2.24) is 5.32 Å². The molecule has 1 saturated heterocycles. The van der Waals surface area contributed by atoms with Gasteiger partial charge in [0, 0.05) is 38.9 Å². The topological polar surface area (TPSA) is 18.5 Å². The van der Waals surface area contributed by atoms with E-state index in [-0.39, 0.29) is 0 Å². The molecule has 18 heavy (non-hydrogen) atoms. The van der Waals surface area contributed by atoms with Crippen molar-refractivity contribution in [3.05, 3.63) is 36.0 Å². The van der Waals surface area contributed by atoms with E-state index in [2.05, 4.69) is 52.5 Å². The highest BCUT2D eigenvalue weighted by Crippen LogP contribution is 2.32. The highest BCUT2D eigenvalue weighted by Gasteiger charge is 2.18. The average molecular weight is 243 g/mol. The second kappa shape index (κ2) is 5.02. The zero-order valence-corrected chi connectivity index (χ0v) is 11.0. The van der Waals surface area contributed by atoms with Crippen LogP contribution in [0.4, 0.5) is 11.4 Å². The lowest BCUT2D eigenvalue weighted by Gasteiger charge is -2.33. The summed E-state index contributed by atoms with van der Waals surface area (Å²) in [5, 5.41) is 3.42. The molecule has 1 aromatic rings. The fourth-order valence-electron chi connectivity index (χ4n) is 2.73. The SMILES string of the molecule is Cc1ccc(N2CCNCC2)c(N2C=CCC2)c1. The molecule has 3 rings (SSSR count). The number of nitrogens with one attached hydrogen (secondary N) is 1. The number of rotatable bonds is 2. The summed E-state index contributed by atoms with van der Waals surface area (Å²) in [6.07, 6.45) is 5.64. The number of hydrogen-bond donors (Lipinski definition) is 1. The zero-order valence-electron chi connectivity index (χ0n) is 11.0. The lowest BCUT2D eigenvalue weighted by atomic mass is 10.1. The second-order valence-corrected chi connectivity index (χ2v) is 5.10. The van der Waals surface area contributed by atoms with Gasteiger partial charge in [-0.3, -0.25) is 0 Å². The first kappa shape index (κ1) is 11.6. The number of anilines is 2. The van der Waals surface area contributed by atoms with Crippen molar-refractivity contribution in [3.63, 3.8) is 0 Å². The number of piperazine rings is 1. The molecule has 0 bridgehead atoms. The van der Waals surface area contributed by atoms with Crippen molar-refractivity contribution in [1.29, 1.82) is 0 Å². The quantitative estimate of drug-likeness (QED) is 0.858. The summed E-state index contributed by atoms with van der Waals surface area (Å²) in [5.41, 5.74) is 4.09. The van der Waals surface area contributed by atoms with Crippen LogP contribution in [-0.4, -0.2) is 32.7 Å². The molecule has 0 spiro atoms. The summed E-state index contributed by atoms with van der Waals surface area (Å²) in [6, 6.07) is 6.82. The van der Waals surface area contributed by atoms with Crippen LogP contribution in [-0.2, 0) is 0 Å². The van der Waals surface area contributed by atoms with Crippen LogP contribution in [0.1, 0.15) is 12.0 Å². The Hall–Kier alpha value is -1.48. The van der Waals surface area contributed by atoms with Gasteiger partial charge in [-0.2, -0.15) is 0 Å². The van der Waals surface area contributed by atoms with E-state index in [9.17, 15) is 0 Å². The molecule has 1 fully saturated rings. The Morgan fingerprint density at radius 3 is 2.61 bits per heavy atom. The molecule has 0 aromatic heterocycles. The molecule has 0 unspecified atom stereocenters. The first-order valence-electron chi connectivity index (χ1n) is 6.84. The van der Waals surface area contributed by atoms with Crippen molar-refractivity contribution in [3.8, 4) is 0 Å². The zero-order chi connectivity index (χ0) is 12.4. The summed E-state index contributed by atoms with van der Waals surface area (Å²) >= 11 is 0. The molecule has 96 valence electrons. The minimum atomic E-state index is 1.09. The summed E-state index contributed by atoms with van der Waals surface area (Å²) in [4.78, 5) is 4.88. The maximum Gasteiger partial charge on any atom is 0.0646 e. The summed E-state index contributed by atoms with van der Waals surface area (Å²) in [7, 11) is 0. The Morgan fingerprint density at radius 2 is 1.89 bits per heavy atom. The van der Waals surface area contributed by atoms with E-state index in [1.165, 1.54) is 16.9 Å². The predicted molar refractivity (Wildman–Crippen MR) is 77.4 cm³/mol. The minimum Gasteiger partial charge on any atom is -0.367 e. The maximum absolute atomic E-state index is 3.42. The molecule has 0 radical (unpaired) electrons. The van der Waals surface area contributed by atoms with E-state index in [4.69, 9.17) is 0 Å². The third kappa shape index (κ3) is 2.23. The van der Waals surface area contributed by atoms with E-state index < -0.39 is 0 Å². The molecular weight excluding hydrogens is 222 g/mol. The molecule has 3 heteroatoms. The van der Waals surface area contributed by atoms with Crippen molar-refractivity contribution in [2.45, 2.75) is 13.3 Å². The third-order valence-corrected chi connectivity index (χ3v) is 3.72. The summed E-state index contributed by atoms with van der Waals surface area (Å²) in [5.74, 6) is 0. The lowest BCUT2D eigenvalue weighted by Crippen LogP contribution is -2.44. The van der Waals surface area contributed by atoms with E-state index in [0.717, 1.165) is 39.1 Å². The largest absolute Gasteiger partial charge is 0.367 e. The van der Waals surface area contributed by atoms with Gasteiger partial charge in [0.05, 0.1) is 11.4 Å². The monoisotopic (exact) mass is 243 g/mol. The van der Waals surface area contributed by atoms with Gasteiger partial charge in [-0.05, 0) is 31.0 Å². The van der Waals surface area contributed by atoms with Crippen LogP contribution in [0.25, 0.3) is 0 Å². The standard InChI is InChI=1S/C15H21N3/c1-13-4-5-14(18-10-6-16-7-11-18)15(12-13)17-8-2-3-9-17/h2,4-5,8,12,16H,3,6-7,9-11H2,1H3. The second-order valence-electron chi connectivity index (χ2n) is 5.10. The molecule has 2 aliphatic heterocycles. The molecule has 3 nitrogen and oxygen atoms in total. The molecule has 0 atom stereocenters. The third-order valence-electron chi connectivity index (χ3n) is 3.72. The van der Waals surface area contributed by atoms with Crippen LogP contribution in [0.2, 0.25) is 0 Å². The van der Waals surface area contributed by atoms with Crippen LogP contribution < -0.4 is 15.1 Å². The predicted octanol–water partition coefficient (Wildman–Crippen LogP) is 2.13. The molecule has 1 aromatic carbocycles. The Kier molecular flexibility index (Phi) is 3.24. The Bertz CT molecular complexity index is 447. The molecule has 0 aliphatic carbocycles. The van der Waals surface area contributed by atoms with E-state index in [1.54, 1.807) is 0 Å². The first-order valence-corrected chi connectivity index (χ1v) is 6.84. The van der Waals surface area contributed by atoms with Crippen molar-refractivity contribution in [2.75, 3.05) is 42.5 Å². The molecule has 0 saturated carbocycles. The van der Waals surface area contributed by atoms with Crippen molar-refractivity contribution in [2.24, 2.45) is 0 Å². The Balaban J connectivity index is 1.94. The number of aryl methyl sites for hydroxylation is 1. The van der Waals surface area contributed by atoms with Crippen LogP contribution in [0.15, 0.2) is 30.5 Å². The fourth-order valence-corrected chi connectivity index (χ4v) is 2.73. The maximum atomic E-state index is 3.42. The van der Waals surface area contributed by atoms with Gasteiger partial charge in [0.25, 0.3) is 0 Å². The first-order chi connectivity index (χ1) is 8.84. The molecule has 1 N–H and O–H groups in total. The van der Waals surface area contributed by atoms with Gasteiger partial charge in [0.1, 0.15) is 0 Å². The lowest BCUT2D eigenvalue weighted by molar-refractivity contribution is 0.589. The average Bonchev–Trinajstić information content (AvgIpc) is 2.93. The molecular formula is C15H21N3. The molecule has 0 amide bonds. The highest BCUT2D eigenvalue weighted by molar-refractivity contribution is 5.74. The molecule has 2 heterocycles. The van der Waals surface area contributed by atoms with E-state index in [0.29, 0.717) is 0 Å². The van der Waals surface area contributed by atoms with Gasteiger partial charge in [-0.15, -0.1) is 0 Å². The van der Waals surface area contributed by atoms with Gasteiger partial charge < -0.3 is 15.1 Å². The number of benzene rings is 1.